The number of pyridine rings is 1. The zero-order valence-electron chi connectivity index (χ0n) is 24.9. The third-order valence-electron chi connectivity index (χ3n) is 7.87. The average molecular weight is 642 g/mol. The van der Waals surface area contributed by atoms with E-state index in [1.54, 1.807) is 31.7 Å². The number of aromatic nitrogens is 3. The largest absolute Gasteiger partial charge is 0.507 e. The first-order valence-corrected chi connectivity index (χ1v) is 15.9. The molecule has 0 aliphatic carbocycles. The number of para-hydroxylation sites is 1. The number of carbonyl (C=O) groups excluding carboxylic acids is 1. The minimum Gasteiger partial charge on any atom is -0.507 e. The summed E-state index contributed by atoms with van der Waals surface area (Å²) in [4.78, 5) is 37.8. The molecular weight excluding hydrogens is 611 g/mol. The number of benzene rings is 2. The summed E-state index contributed by atoms with van der Waals surface area (Å²) in [6.45, 7) is 8.29. The molecular formula is C31H30F3N5O5S. The molecule has 0 unspecified atom stereocenters. The Bertz CT molecular complexity index is 2030. The van der Waals surface area contributed by atoms with E-state index in [1.807, 2.05) is 0 Å². The van der Waals surface area contributed by atoms with E-state index in [1.165, 1.54) is 23.1 Å². The Morgan fingerprint density at radius 3 is 2.38 bits per heavy atom. The Labute approximate surface area is 257 Å². The van der Waals surface area contributed by atoms with Gasteiger partial charge in [-0.1, -0.05) is 31.7 Å². The zero-order chi connectivity index (χ0) is 33.0. The summed E-state index contributed by atoms with van der Waals surface area (Å²) in [6, 6.07) is 7.73. The van der Waals surface area contributed by atoms with Gasteiger partial charge in [0, 0.05) is 31.4 Å². The zero-order valence-corrected chi connectivity index (χ0v) is 25.7. The Morgan fingerprint density at radius 1 is 1.07 bits per heavy atom. The molecule has 2 aromatic heterocycles. The maximum Gasteiger partial charge on any atom is 0.355 e. The molecule has 236 valence electrons. The van der Waals surface area contributed by atoms with E-state index < -0.39 is 68.0 Å². The van der Waals surface area contributed by atoms with Crippen molar-refractivity contribution in [1.29, 1.82) is 0 Å². The minimum atomic E-state index is -3.93. The molecule has 3 heterocycles. The van der Waals surface area contributed by atoms with Crippen molar-refractivity contribution in [3.63, 3.8) is 0 Å². The van der Waals surface area contributed by atoms with Crippen LogP contribution in [0.2, 0.25) is 0 Å². The summed E-state index contributed by atoms with van der Waals surface area (Å²) in [7, 11) is -3.93. The van der Waals surface area contributed by atoms with Gasteiger partial charge in [-0.25, -0.2) is 35.9 Å². The van der Waals surface area contributed by atoms with Crippen LogP contribution in [0.3, 0.4) is 0 Å². The van der Waals surface area contributed by atoms with Crippen LogP contribution in [0.1, 0.15) is 26.3 Å². The van der Waals surface area contributed by atoms with Crippen LogP contribution in [0.5, 0.6) is 5.75 Å². The first-order valence-electron chi connectivity index (χ1n) is 14.0. The maximum atomic E-state index is 15.9. The van der Waals surface area contributed by atoms with Crippen molar-refractivity contribution in [2.75, 3.05) is 24.2 Å². The standard InChI is InChI=1S/C31H30F3N5O5S/c1-6-19-9-7-12-24(45(5,43)44)27(19)39-29-20(13-22(34)26(35-29)25-21(33)10-8-11-23(25)40)28(36-31(39)42)37-14-17(3)38(15-16(37)2)30(41)18(4)32/h7-13,16-17,40H,4,6,14-15H2,1-3,5H3/t16-,17+/m0/s1. The average Bonchev–Trinajstić information content (AvgIpc) is 2.97. The van der Waals surface area contributed by atoms with Gasteiger partial charge in [0.25, 0.3) is 5.91 Å². The van der Waals surface area contributed by atoms with Gasteiger partial charge < -0.3 is 14.9 Å². The van der Waals surface area contributed by atoms with Crippen molar-refractivity contribution in [3.8, 4) is 22.7 Å². The summed E-state index contributed by atoms with van der Waals surface area (Å²) in [5, 5.41) is 10.4. The molecule has 1 aliphatic rings. The first kappa shape index (κ1) is 31.7. The van der Waals surface area contributed by atoms with Crippen LogP contribution in [-0.4, -0.2) is 70.3 Å². The molecule has 0 spiro atoms. The van der Waals surface area contributed by atoms with Crippen LogP contribution in [0, 0.1) is 11.6 Å². The van der Waals surface area contributed by atoms with Crippen LogP contribution in [-0.2, 0) is 21.1 Å². The van der Waals surface area contributed by atoms with Gasteiger partial charge in [-0.15, -0.1) is 0 Å². The predicted molar refractivity (Wildman–Crippen MR) is 163 cm³/mol. The van der Waals surface area contributed by atoms with Crippen LogP contribution in [0.15, 0.2) is 64.6 Å². The van der Waals surface area contributed by atoms with Gasteiger partial charge in [-0.05, 0) is 50.1 Å². The second-order valence-corrected chi connectivity index (χ2v) is 13.0. The highest BCUT2D eigenvalue weighted by Crippen LogP contribution is 2.37. The lowest BCUT2D eigenvalue weighted by atomic mass is 10.1. The molecule has 2 aromatic carbocycles. The van der Waals surface area contributed by atoms with E-state index in [2.05, 4.69) is 16.5 Å². The summed E-state index contributed by atoms with van der Waals surface area (Å²) in [6.07, 6.45) is 1.27. The number of phenolic OH excluding ortho intramolecular Hbond substituents is 1. The predicted octanol–water partition coefficient (Wildman–Crippen LogP) is 4.31. The number of hydrogen-bond acceptors (Lipinski definition) is 8. The molecule has 0 bridgehead atoms. The quantitative estimate of drug-likeness (QED) is 0.309. The fourth-order valence-electron chi connectivity index (χ4n) is 5.72. The molecule has 0 saturated carbocycles. The van der Waals surface area contributed by atoms with Crippen molar-refractivity contribution >= 4 is 32.6 Å². The summed E-state index contributed by atoms with van der Waals surface area (Å²) in [5.74, 6) is -4.66. The molecule has 1 N–H and O–H groups in total. The highest BCUT2D eigenvalue weighted by molar-refractivity contribution is 7.90. The number of nitrogens with zero attached hydrogens (tertiary/aromatic N) is 5. The summed E-state index contributed by atoms with van der Waals surface area (Å²) in [5.41, 5.74) is -1.97. The van der Waals surface area contributed by atoms with E-state index in [9.17, 15) is 31.9 Å². The fourth-order valence-corrected chi connectivity index (χ4v) is 6.61. The van der Waals surface area contributed by atoms with Gasteiger partial charge in [0.2, 0.25) is 0 Å². The molecule has 10 nitrogen and oxygen atoms in total. The van der Waals surface area contributed by atoms with E-state index in [-0.39, 0.29) is 40.5 Å². The molecule has 1 saturated heterocycles. The number of sulfone groups is 1. The Morgan fingerprint density at radius 2 is 1.76 bits per heavy atom. The number of halogens is 3. The number of carbonyl (C=O) groups is 1. The first-order chi connectivity index (χ1) is 21.1. The fraction of sp³-hybridized carbons (Fsp3) is 0.290. The van der Waals surface area contributed by atoms with Crippen LogP contribution in [0.25, 0.3) is 28.0 Å². The van der Waals surface area contributed by atoms with Gasteiger partial charge in [0.15, 0.2) is 27.1 Å². The van der Waals surface area contributed by atoms with Crippen molar-refractivity contribution < 1.29 is 31.5 Å². The summed E-state index contributed by atoms with van der Waals surface area (Å²) < 4.78 is 71.4. The Kier molecular flexibility index (Phi) is 8.21. The van der Waals surface area contributed by atoms with Crippen molar-refractivity contribution in [2.45, 2.75) is 44.2 Å². The maximum absolute atomic E-state index is 15.9. The van der Waals surface area contributed by atoms with Crippen molar-refractivity contribution in [2.24, 2.45) is 0 Å². The Hall–Kier alpha value is -4.72. The second-order valence-electron chi connectivity index (χ2n) is 11.0. The van der Waals surface area contributed by atoms with Crippen LogP contribution < -0.4 is 10.6 Å². The minimum absolute atomic E-state index is 0.0170. The number of aryl methyl sites for hydroxylation is 1. The van der Waals surface area contributed by atoms with E-state index >= 15 is 4.39 Å². The number of piperazine rings is 1. The van der Waals surface area contributed by atoms with E-state index in [0.29, 0.717) is 12.0 Å². The molecule has 45 heavy (non-hydrogen) atoms. The summed E-state index contributed by atoms with van der Waals surface area (Å²) >= 11 is 0. The molecule has 4 aromatic rings. The number of phenols is 1. The smallest absolute Gasteiger partial charge is 0.355 e. The SMILES string of the molecule is C=C(F)C(=O)N1C[C@H](C)N(c2nc(=O)n(-c3c(CC)cccc3S(C)(=O)=O)c3nc(-c4c(O)cccc4F)c(F)cc23)C[C@H]1C. The molecule has 14 heteroatoms. The van der Waals surface area contributed by atoms with Crippen LogP contribution in [0.4, 0.5) is 19.0 Å². The lowest BCUT2D eigenvalue weighted by Crippen LogP contribution is -2.58. The van der Waals surface area contributed by atoms with Crippen molar-refractivity contribution in [1.82, 2.24) is 19.4 Å². The van der Waals surface area contributed by atoms with E-state index in [0.717, 1.165) is 29.0 Å². The molecule has 1 amide bonds. The highest BCUT2D eigenvalue weighted by atomic mass is 32.2. The monoisotopic (exact) mass is 641 g/mol. The topological polar surface area (TPSA) is 126 Å². The van der Waals surface area contributed by atoms with Gasteiger partial charge in [0.05, 0.1) is 21.5 Å². The van der Waals surface area contributed by atoms with Crippen molar-refractivity contribution in [3.05, 3.63) is 82.6 Å². The van der Waals surface area contributed by atoms with Gasteiger partial charge in [0.1, 0.15) is 23.1 Å². The Balaban J connectivity index is 1.87. The molecule has 5 rings (SSSR count). The molecule has 2 atom stereocenters. The highest BCUT2D eigenvalue weighted by Gasteiger charge is 2.36. The molecule has 0 radical (unpaired) electrons. The van der Waals surface area contributed by atoms with Gasteiger partial charge in [-0.3, -0.25) is 4.79 Å². The molecule has 1 aliphatic heterocycles. The normalized spacial score (nSPS) is 17.1. The second kappa shape index (κ2) is 11.7. The number of fused-ring (bicyclic) bond motifs is 1. The lowest BCUT2D eigenvalue weighted by Gasteiger charge is -2.44. The lowest BCUT2D eigenvalue weighted by molar-refractivity contribution is -0.131. The number of hydrogen-bond donors (Lipinski definition) is 1. The number of amides is 1. The molecule has 1 fully saturated rings. The van der Waals surface area contributed by atoms with Gasteiger partial charge >= 0.3 is 5.69 Å². The van der Waals surface area contributed by atoms with Gasteiger partial charge in [-0.2, -0.15) is 4.98 Å². The third-order valence-corrected chi connectivity index (χ3v) is 9.00. The third kappa shape index (κ3) is 5.54. The van der Waals surface area contributed by atoms with Crippen LogP contribution >= 0.6 is 0 Å². The van der Waals surface area contributed by atoms with E-state index in [4.69, 9.17) is 0 Å². The number of aromatic hydroxyl groups is 1. The number of anilines is 1. The number of rotatable bonds is 6.